The predicted molar refractivity (Wildman–Crippen MR) is 155 cm³/mol. The number of aromatic nitrogens is 1. The van der Waals surface area contributed by atoms with E-state index in [1.54, 1.807) is 49.2 Å². The second kappa shape index (κ2) is 12.3. The topological polar surface area (TPSA) is 121 Å². The minimum absolute atomic E-state index is 0. The third-order valence-electron chi connectivity index (χ3n) is 6.46. The van der Waals surface area contributed by atoms with Crippen LogP contribution in [0.2, 0.25) is 0 Å². The Labute approximate surface area is 235 Å². The summed E-state index contributed by atoms with van der Waals surface area (Å²) in [6.07, 6.45) is 2.01. The van der Waals surface area contributed by atoms with Gasteiger partial charge in [0.25, 0.3) is 0 Å². The number of rotatable bonds is 8. The van der Waals surface area contributed by atoms with Gasteiger partial charge in [0, 0.05) is 26.7 Å². The van der Waals surface area contributed by atoms with Crippen molar-refractivity contribution in [3.8, 4) is 0 Å². The van der Waals surface area contributed by atoms with Crippen LogP contribution in [-0.4, -0.2) is 48.4 Å². The molecule has 2 heterocycles. The molecule has 0 bridgehead atoms. The van der Waals surface area contributed by atoms with Crippen LogP contribution in [-0.2, 0) is 27.3 Å². The third kappa shape index (κ3) is 6.74. The molecule has 2 atom stereocenters. The first kappa shape index (κ1) is 29.6. The Kier molecular flexibility index (Phi) is 9.32. The average molecular weight is 551 g/mol. The number of anilines is 2. The number of carbonyl (C=O) groups is 3. The van der Waals surface area contributed by atoms with Gasteiger partial charge in [0.05, 0.1) is 29.2 Å². The van der Waals surface area contributed by atoms with E-state index in [-0.39, 0.29) is 24.9 Å². The molecule has 9 nitrogen and oxygen atoms in total. The highest BCUT2D eigenvalue weighted by Crippen LogP contribution is 2.37. The molecule has 0 spiro atoms. The minimum Gasteiger partial charge on any atom is -0.376 e. The number of halogens is 1. The number of nitrogens with one attached hydrogen (secondary N) is 2. The lowest BCUT2D eigenvalue weighted by Gasteiger charge is -2.37. The molecule has 0 saturated heterocycles. The summed E-state index contributed by atoms with van der Waals surface area (Å²) in [4.78, 5) is 48.3. The van der Waals surface area contributed by atoms with Crippen molar-refractivity contribution in [3.05, 3.63) is 89.7 Å². The molecule has 3 aromatic rings. The Morgan fingerprint density at radius 1 is 1.08 bits per heavy atom. The standard InChI is InChI=1S/C29H34N6O3.ClH/c1-29(2,30)28(38)33-24(19-11-6-5-7-12-19)26(36)32-22-17-20-13-10-15-23(34(3)4)25(20)35(27(22)37)18-21-14-8-9-16-31-21;/h5-16,22,24H,17-18,30H2,1-4H3,(H,32,36)(H,33,38);1H/t22?,24-;/m1./s1. The highest BCUT2D eigenvalue weighted by molar-refractivity contribution is 6.05. The largest absolute Gasteiger partial charge is 0.376 e. The Bertz CT molecular complexity index is 1310. The van der Waals surface area contributed by atoms with Crippen molar-refractivity contribution in [2.75, 3.05) is 23.9 Å². The van der Waals surface area contributed by atoms with Gasteiger partial charge in [-0.2, -0.15) is 0 Å². The summed E-state index contributed by atoms with van der Waals surface area (Å²) in [5.74, 6) is -1.21. The Balaban J connectivity index is 0.00000420. The van der Waals surface area contributed by atoms with Gasteiger partial charge < -0.3 is 26.2 Å². The lowest BCUT2D eigenvalue weighted by molar-refractivity contribution is -0.133. The number of nitrogens with two attached hydrogens (primary N) is 1. The van der Waals surface area contributed by atoms with Crippen molar-refractivity contribution in [2.24, 2.45) is 5.73 Å². The van der Waals surface area contributed by atoms with Gasteiger partial charge in [0.1, 0.15) is 12.1 Å². The zero-order chi connectivity index (χ0) is 27.4. The number of para-hydroxylation sites is 1. The summed E-state index contributed by atoms with van der Waals surface area (Å²) in [6, 6.07) is 18.5. The zero-order valence-corrected chi connectivity index (χ0v) is 23.4. The van der Waals surface area contributed by atoms with Gasteiger partial charge in [-0.3, -0.25) is 19.4 Å². The number of amides is 3. The van der Waals surface area contributed by atoms with Crippen molar-refractivity contribution in [3.63, 3.8) is 0 Å². The van der Waals surface area contributed by atoms with Crippen LogP contribution < -0.4 is 26.2 Å². The van der Waals surface area contributed by atoms with Gasteiger partial charge in [-0.25, -0.2) is 0 Å². The zero-order valence-electron chi connectivity index (χ0n) is 22.5. The molecule has 4 N–H and O–H groups in total. The SMILES string of the molecule is CN(C)c1cccc2c1N(Cc1ccccn1)C(=O)C(NC(=O)[C@H](NC(=O)C(C)(C)N)c1ccccc1)C2.Cl. The van der Waals surface area contributed by atoms with Crippen LogP contribution in [0.4, 0.5) is 11.4 Å². The summed E-state index contributed by atoms with van der Waals surface area (Å²) in [6.45, 7) is 3.40. The molecule has 1 aliphatic heterocycles. The van der Waals surface area contributed by atoms with Crippen LogP contribution >= 0.6 is 12.4 Å². The van der Waals surface area contributed by atoms with E-state index in [2.05, 4.69) is 15.6 Å². The summed E-state index contributed by atoms with van der Waals surface area (Å²) >= 11 is 0. The number of fused-ring (bicyclic) bond motifs is 1. The van der Waals surface area contributed by atoms with Crippen LogP contribution in [0.5, 0.6) is 0 Å². The second-order valence-corrected chi connectivity index (χ2v) is 10.2. The van der Waals surface area contributed by atoms with E-state index in [1.165, 1.54) is 0 Å². The number of nitrogens with zero attached hydrogens (tertiary/aromatic N) is 3. The third-order valence-corrected chi connectivity index (χ3v) is 6.46. The highest BCUT2D eigenvalue weighted by atomic mass is 35.5. The Hall–Kier alpha value is -3.95. The van der Waals surface area contributed by atoms with E-state index in [0.29, 0.717) is 12.0 Å². The smallest absolute Gasteiger partial charge is 0.250 e. The van der Waals surface area contributed by atoms with Crippen LogP contribution in [0.15, 0.2) is 72.9 Å². The molecule has 1 unspecified atom stereocenters. The van der Waals surface area contributed by atoms with Gasteiger partial charge in [-0.1, -0.05) is 48.5 Å². The molecule has 2 aromatic carbocycles. The monoisotopic (exact) mass is 550 g/mol. The maximum Gasteiger partial charge on any atom is 0.250 e. The first-order chi connectivity index (χ1) is 18.1. The van der Waals surface area contributed by atoms with E-state index in [4.69, 9.17) is 5.73 Å². The van der Waals surface area contributed by atoms with Crippen molar-refractivity contribution in [1.29, 1.82) is 0 Å². The van der Waals surface area contributed by atoms with Gasteiger partial charge in [0.15, 0.2) is 0 Å². The van der Waals surface area contributed by atoms with E-state index in [9.17, 15) is 14.4 Å². The van der Waals surface area contributed by atoms with E-state index < -0.39 is 29.4 Å². The van der Waals surface area contributed by atoms with Gasteiger partial charge in [0.2, 0.25) is 17.7 Å². The summed E-state index contributed by atoms with van der Waals surface area (Å²) < 4.78 is 0. The summed E-state index contributed by atoms with van der Waals surface area (Å²) in [5.41, 5.74) is 8.75. The lowest BCUT2D eigenvalue weighted by Crippen LogP contribution is -2.57. The fraction of sp³-hybridized carbons (Fsp3) is 0.310. The minimum atomic E-state index is -1.19. The van der Waals surface area contributed by atoms with Gasteiger partial charge in [-0.05, 0) is 43.2 Å². The normalized spacial score (nSPS) is 15.5. The number of hydrogen-bond acceptors (Lipinski definition) is 6. The van der Waals surface area contributed by atoms with Crippen molar-refractivity contribution < 1.29 is 14.4 Å². The van der Waals surface area contributed by atoms with Gasteiger partial charge >= 0.3 is 0 Å². The average Bonchev–Trinajstić information content (AvgIpc) is 2.89. The molecular weight excluding hydrogens is 516 g/mol. The number of benzene rings is 2. The molecule has 0 radical (unpaired) electrons. The van der Waals surface area contributed by atoms with Crippen LogP contribution in [0.25, 0.3) is 0 Å². The van der Waals surface area contributed by atoms with Crippen molar-refractivity contribution >= 4 is 41.5 Å². The van der Waals surface area contributed by atoms with Crippen LogP contribution in [0.3, 0.4) is 0 Å². The van der Waals surface area contributed by atoms with Crippen molar-refractivity contribution in [1.82, 2.24) is 15.6 Å². The molecule has 0 saturated carbocycles. The molecule has 39 heavy (non-hydrogen) atoms. The molecule has 1 aromatic heterocycles. The molecule has 206 valence electrons. The first-order valence-electron chi connectivity index (χ1n) is 12.5. The highest BCUT2D eigenvalue weighted by Gasteiger charge is 2.38. The summed E-state index contributed by atoms with van der Waals surface area (Å²) in [5, 5.41) is 5.66. The molecule has 4 rings (SSSR count). The fourth-order valence-electron chi connectivity index (χ4n) is 4.46. The molecule has 10 heteroatoms. The van der Waals surface area contributed by atoms with Crippen molar-refractivity contribution in [2.45, 2.75) is 44.4 Å². The number of pyridine rings is 1. The molecule has 3 amide bonds. The fourth-order valence-corrected chi connectivity index (χ4v) is 4.46. The summed E-state index contributed by atoms with van der Waals surface area (Å²) in [7, 11) is 3.86. The lowest BCUT2D eigenvalue weighted by atomic mass is 9.94. The maximum absolute atomic E-state index is 13.9. The Morgan fingerprint density at radius 2 is 1.77 bits per heavy atom. The van der Waals surface area contributed by atoms with Crippen LogP contribution in [0, 0.1) is 0 Å². The second-order valence-electron chi connectivity index (χ2n) is 10.2. The van der Waals surface area contributed by atoms with E-state index >= 15 is 0 Å². The van der Waals surface area contributed by atoms with Crippen LogP contribution in [0.1, 0.15) is 36.7 Å². The first-order valence-corrected chi connectivity index (χ1v) is 12.5. The number of carbonyl (C=O) groups excluding carboxylic acids is 3. The molecular formula is C29H35ClN6O3. The predicted octanol–water partition coefficient (Wildman–Crippen LogP) is 2.74. The molecule has 1 aliphatic rings. The Morgan fingerprint density at radius 3 is 2.38 bits per heavy atom. The quantitative estimate of drug-likeness (QED) is 0.396. The van der Waals surface area contributed by atoms with E-state index in [1.807, 2.05) is 61.5 Å². The molecule has 0 aliphatic carbocycles. The van der Waals surface area contributed by atoms with Gasteiger partial charge in [-0.15, -0.1) is 12.4 Å². The maximum atomic E-state index is 13.9. The number of hydrogen-bond donors (Lipinski definition) is 3. The molecule has 0 fully saturated rings. The van der Waals surface area contributed by atoms with E-state index in [0.717, 1.165) is 22.6 Å².